The molecular weight excluding hydrogens is 266 g/mol. The number of rotatable bonds is 5. The van der Waals surface area contributed by atoms with E-state index in [0.717, 1.165) is 11.3 Å². The number of methoxy groups -OCH3 is 2. The van der Waals surface area contributed by atoms with Crippen molar-refractivity contribution in [3.05, 3.63) is 41.4 Å². The Morgan fingerprint density at radius 3 is 2.37 bits per heavy atom. The standard InChI is InChI=1S/C13H14ClN3O2/c1-18-12-3-10(14)11(4-13(12)19-2)17-7-9-5-15-8-16-6-9/h3-6,8,17H,7H2,1-2H3. The number of nitrogens with zero attached hydrogens (tertiary/aromatic N) is 2. The molecule has 0 saturated carbocycles. The lowest BCUT2D eigenvalue weighted by Crippen LogP contribution is -2.02. The minimum absolute atomic E-state index is 0.564. The summed E-state index contributed by atoms with van der Waals surface area (Å²) in [5, 5.41) is 3.77. The van der Waals surface area contributed by atoms with Crippen molar-refractivity contribution < 1.29 is 9.47 Å². The summed E-state index contributed by atoms with van der Waals surface area (Å²) in [6.07, 6.45) is 4.98. The molecule has 1 N–H and O–H groups in total. The van der Waals surface area contributed by atoms with Crippen LogP contribution in [0, 0.1) is 0 Å². The van der Waals surface area contributed by atoms with Crippen LogP contribution in [0.4, 0.5) is 5.69 Å². The lowest BCUT2D eigenvalue weighted by Gasteiger charge is -2.13. The van der Waals surface area contributed by atoms with Gasteiger partial charge >= 0.3 is 0 Å². The molecule has 0 aliphatic carbocycles. The van der Waals surface area contributed by atoms with E-state index >= 15 is 0 Å². The van der Waals surface area contributed by atoms with Gasteiger partial charge in [-0.3, -0.25) is 0 Å². The van der Waals surface area contributed by atoms with E-state index in [1.807, 2.05) is 0 Å². The predicted octanol–water partition coefficient (Wildman–Crippen LogP) is 2.76. The smallest absolute Gasteiger partial charge is 0.162 e. The SMILES string of the molecule is COc1cc(Cl)c(NCc2cncnc2)cc1OC. The van der Waals surface area contributed by atoms with Crippen LogP contribution in [-0.2, 0) is 6.54 Å². The van der Waals surface area contributed by atoms with E-state index in [1.165, 1.54) is 6.33 Å². The number of benzene rings is 1. The van der Waals surface area contributed by atoms with Crippen LogP contribution in [-0.4, -0.2) is 24.2 Å². The zero-order chi connectivity index (χ0) is 13.7. The molecule has 19 heavy (non-hydrogen) atoms. The lowest BCUT2D eigenvalue weighted by molar-refractivity contribution is 0.355. The van der Waals surface area contributed by atoms with Crippen molar-refractivity contribution in [3.8, 4) is 11.5 Å². The van der Waals surface area contributed by atoms with Gasteiger partial charge in [-0.25, -0.2) is 9.97 Å². The second-order valence-corrected chi connectivity index (χ2v) is 4.19. The van der Waals surface area contributed by atoms with Gasteiger partial charge in [0.25, 0.3) is 0 Å². The molecule has 0 amide bonds. The molecule has 0 aliphatic rings. The number of hydrogen-bond donors (Lipinski definition) is 1. The molecule has 1 aromatic heterocycles. The van der Waals surface area contributed by atoms with Gasteiger partial charge in [-0.1, -0.05) is 11.6 Å². The molecular formula is C13H14ClN3O2. The van der Waals surface area contributed by atoms with Gasteiger partial charge in [0.05, 0.1) is 24.9 Å². The topological polar surface area (TPSA) is 56.3 Å². The minimum atomic E-state index is 0.564. The van der Waals surface area contributed by atoms with Gasteiger partial charge < -0.3 is 14.8 Å². The third-order valence-electron chi connectivity index (χ3n) is 2.57. The van der Waals surface area contributed by atoms with Crippen molar-refractivity contribution >= 4 is 17.3 Å². The van der Waals surface area contributed by atoms with Gasteiger partial charge in [-0.15, -0.1) is 0 Å². The highest BCUT2D eigenvalue weighted by Crippen LogP contribution is 2.36. The molecule has 0 aliphatic heterocycles. The van der Waals surface area contributed by atoms with Crippen molar-refractivity contribution in [2.45, 2.75) is 6.54 Å². The quantitative estimate of drug-likeness (QED) is 0.912. The van der Waals surface area contributed by atoms with Crippen LogP contribution in [0.5, 0.6) is 11.5 Å². The summed E-state index contributed by atoms with van der Waals surface area (Å²) in [6, 6.07) is 3.51. The Kier molecular flexibility index (Phi) is 4.41. The van der Waals surface area contributed by atoms with E-state index < -0.39 is 0 Å². The number of ether oxygens (including phenoxy) is 2. The fraction of sp³-hybridized carbons (Fsp3) is 0.231. The minimum Gasteiger partial charge on any atom is -0.493 e. The molecule has 1 aromatic carbocycles. The summed E-state index contributed by atoms with van der Waals surface area (Å²) in [7, 11) is 3.16. The van der Waals surface area contributed by atoms with Crippen molar-refractivity contribution in [2.24, 2.45) is 0 Å². The fourth-order valence-electron chi connectivity index (χ4n) is 1.61. The van der Waals surface area contributed by atoms with Crippen molar-refractivity contribution in [3.63, 3.8) is 0 Å². The second kappa shape index (κ2) is 6.24. The monoisotopic (exact) mass is 279 g/mol. The zero-order valence-electron chi connectivity index (χ0n) is 10.7. The maximum Gasteiger partial charge on any atom is 0.162 e. The second-order valence-electron chi connectivity index (χ2n) is 3.79. The van der Waals surface area contributed by atoms with E-state index in [0.29, 0.717) is 23.1 Å². The largest absolute Gasteiger partial charge is 0.493 e. The van der Waals surface area contributed by atoms with Crippen molar-refractivity contribution in [1.82, 2.24) is 9.97 Å². The summed E-state index contributed by atoms with van der Waals surface area (Å²) in [6.45, 7) is 0.579. The Morgan fingerprint density at radius 1 is 1.11 bits per heavy atom. The van der Waals surface area contributed by atoms with E-state index in [1.54, 1.807) is 38.7 Å². The summed E-state index contributed by atoms with van der Waals surface area (Å²) < 4.78 is 10.4. The highest BCUT2D eigenvalue weighted by atomic mass is 35.5. The average Bonchev–Trinajstić information content (AvgIpc) is 2.46. The number of nitrogens with one attached hydrogen (secondary N) is 1. The van der Waals surface area contributed by atoms with Gasteiger partial charge in [0, 0.05) is 36.6 Å². The van der Waals surface area contributed by atoms with Gasteiger partial charge in [0.15, 0.2) is 11.5 Å². The molecule has 5 nitrogen and oxygen atoms in total. The summed E-state index contributed by atoms with van der Waals surface area (Å²) in [5.74, 6) is 1.22. The molecule has 1 heterocycles. The van der Waals surface area contributed by atoms with Crippen LogP contribution < -0.4 is 14.8 Å². The summed E-state index contributed by atoms with van der Waals surface area (Å²) in [4.78, 5) is 7.90. The Morgan fingerprint density at radius 2 is 1.74 bits per heavy atom. The number of anilines is 1. The number of aromatic nitrogens is 2. The molecule has 0 spiro atoms. The van der Waals surface area contributed by atoms with Crippen molar-refractivity contribution in [1.29, 1.82) is 0 Å². The first-order valence-electron chi connectivity index (χ1n) is 5.64. The van der Waals surface area contributed by atoms with Crippen molar-refractivity contribution in [2.75, 3.05) is 19.5 Å². The van der Waals surface area contributed by atoms with Gasteiger partial charge in [0.2, 0.25) is 0 Å². The highest BCUT2D eigenvalue weighted by molar-refractivity contribution is 6.33. The maximum absolute atomic E-state index is 6.17. The van der Waals surface area contributed by atoms with E-state index in [9.17, 15) is 0 Å². The first-order chi connectivity index (χ1) is 9.24. The molecule has 100 valence electrons. The van der Waals surface area contributed by atoms with E-state index in [2.05, 4.69) is 15.3 Å². The molecule has 0 saturated heterocycles. The molecule has 0 atom stereocenters. The van der Waals surface area contributed by atoms with Crippen LogP contribution in [0.25, 0.3) is 0 Å². The Balaban J connectivity index is 2.16. The van der Waals surface area contributed by atoms with E-state index in [-0.39, 0.29) is 0 Å². The Hall–Kier alpha value is -2.01. The third kappa shape index (κ3) is 3.26. The van der Waals surface area contributed by atoms with Gasteiger partial charge in [-0.05, 0) is 0 Å². The normalized spacial score (nSPS) is 10.1. The Labute approximate surface area is 116 Å². The summed E-state index contributed by atoms with van der Waals surface area (Å²) >= 11 is 6.17. The maximum atomic E-state index is 6.17. The average molecular weight is 280 g/mol. The van der Waals surface area contributed by atoms with Crippen LogP contribution in [0.3, 0.4) is 0 Å². The first kappa shape index (κ1) is 13.4. The first-order valence-corrected chi connectivity index (χ1v) is 6.01. The lowest BCUT2D eigenvalue weighted by atomic mass is 10.2. The van der Waals surface area contributed by atoms with Crippen LogP contribution in [0.1, 0.15) is 5.56 Å². The number of hydrogen-bond acceptors (Lipinski definition) is 5. The fourth-order valence-corrected chi connectivity index (χ4v) is 1.83. The molecule has 0 radical (unpaired) electrons. The molecule has 0 unspecified atom stereocenters. The molecule has 0 fully saturated rings. The summed E-state index contributed by atoms with van der Waals surface area (Å²) in [5.41, 5.74) is 1.73. The highest BCUT2D eigenvalue weighted by Gasteiger charge is 2.09. The van der Waals surface area contributed by atoms with E-state index in [4.69, 9.17) is 21.1 Å². The van der Waals surface area contributed by atoms with Crippen LogP contribution in [0.2, 0.25) is 5.02 Å². The molecule has 2 rings (SSSR count). The third-order valence-corrected chi connectivity index (χ3v) is 2.88. The zero-order valence-corrected chi connectivity index (χ0v) is 11.4. The van der Waals surface area contributed by atoms with Crippen LogP contribution in [0.15, 0.2) is 30.9 Å². The molecule has 2 aromatic rings. The van der Waals surface area contributed by atoms with Crippen LogP contribution >= 0.6 is 11.6 Å². The van der Waals surface area contributed by atoms with Gasteiger partial charge in [0.1, 0.15) is 6.33 Å². The predicted molar refractivity (Wildman–Crippen MR) is 73.9 cm³/mol. The number of halogens is 1. The molecule has 6 heteroatoms. The molecule has 0 bridgehead atoms. The van der Waals surface area contributed by atoms with Gasteiger partial charge in [-0.2, -0.15) is 0 Å². The Bertz CT molecular complexity index is 549.